The van der Waals surface area contributed by atoms with Crippen LogP contribution in [-0.2, 0) is 6.54 Å². The van der Waals surface area contributed by atoms with Crippen LogP contribution in [0.5, 0.6) is 0 Å². The molecule has 0 atom stereocenters. The Morgan fingerprint density at radius 1 is 1.29 bits per heavy atom. The lowest BCUT2D eigenvalue weighted by molar-refractivity contribution is 0.390. The van der Waals surface area contributed by atoms with Gasteiger partial charge in [0.15, 0.2) is 0 Å². The van der Waals surface area contributed by atoms with Crippen LogP contribution in [0, 0.1) is 13.8 Å². The third kappa shape index (κ3) is 2.15. The molecule has 1 heterocycles. The van der Waals surface area contributed by atoms with Crippen LogP contribution in [0.3, 0.4) is 0 Å². The molecule has 0 aliphatic rings. The van der Waals surface area contributed by atoms with Gasteiger partial charge in [-0.25, -0.2) is 0 Å². The summed E-state index contributed by atoms with van der Waals surface area (Å²) in [7, 11) is 4.15. The Morgan fingerprint density at radius 2 is 1.86 bits per heavy atom. The minimum atomic E-state index is 0.449. The Labute approximate surface area is 86.7 Å². The van der Waals surface area contributed by atoms with E-state index in [0.29, 0.717) is 6.04 Å². The van der Waals surface area contributed by atoms with Crippen molar-refractivity contribution in [2.45, 2.75) is 40.3 Å². The number of nitrogens with zero attached hydrogens (tertiary/aromatic N) is 3. The number of hydrogen-bond acceptors (Lipinski definition) is 2. The van der Waals surface area contributed by atoms with Crippen molar-refractivity contribution >= 4 is 0 Å². The van der Waals surface area contributed by atoms with Crippen molar-refractivity contribution < 1.29 is 0 Å². The second-order valence-corrected chi connectivity index (χ2v) is 4.43. The first-order valence-electron chi connectivity index (χ1n) is 5.12. The molecule has 0 aromatic carbocycles. The highest BCUT2D eigenvalue weighted by Gasteiger charge is 2.12. The summed E-state index contributed by atoms with van der Waals surface area (Å²) in [5, 5.41) is 4.62. The number of hydrogen-bond donors (Lipinski definition) is 0. The maximum absolute atomic E-state index is 4.62. The summed E-state index contributed by atoms with van der Waals surface area (Å²) in [6.45, 7) is 9.55. The summed E-state index contributed by atoms with van der Waals surface area (Å²) in [6.07, 6.45) is 0. The molecule has 80 valence electrons. The molecule has 0 N–H and O–H groups in total. The molecule has 1 aromatic rings. The zero-order valence-electron chi connectivity index (χ0n) is 10.1. The third-order valence-corrected chi connectivity index (χ3v) is 2.50. The minimum absolute atomic E-state index is 0.449. The molecule has 0 bridgehead atoms. The third-order valence-electron chi connectivity index (χ3n) is 2.50. The number of aromatic nitrogens is 2. The van der Waals surface area contributed by atoms with Crippen molar-refractivity contribution in [1.82, 2.24) is 14.7 Å². The van der Waals surface area contributed by atoms with Crippen LogP contribution in [0.2, 0.25) is 0 Å². The lowest BCUT2D eigenvalue weighted by atomic mass is 10.2. The molecule has 1 rings (SSSR count). The fourth-order valence-electron chi connectivity index (χ4n) is 1.61. The normalized spacial score (nSPS) is 11.7. The molecule has 0 aliphatic heterocycles. The molecule has 0 fully saturated rings. The van der Waals surface area contributed by atoms with Crippen molar-refractivity contribution in [3.63, 3.8) is 0 Å². The molecule has 1 aromatic heterocycles. The van der Waals surface area contributed by atoms with Gasteiger partial charge in [0.2, 0.25) is 0 Å². The van der Waals surface area contributed by atoms with Crippen molar-refractivity contribution in [2.75, 3.05) is 14.1 Å². The predicted molar refractivity (Wildman–Crippen MR) is 59.5 cm³/mol. The fraction of sp³-hybridized carbons (Fsp3) is 0.727. The van der Waals surface area contributed by atoms with Crippen LogP contribution in [0.25, 0.3) is 0 Å². The van der Waals surface area contributed by atoms with Crippen LogP contribution in [-0.4, -0.2) is 28.8 Å². The average molecular weight is 195 g/mol. The van der Waals surface area contributed by atoms with Gasteiger partial charge in [0, 0.05) is 18.3 Å². The Hall–Kier alpha value is -0.830. The molecule has 0 unspecified atom stereocenters. The van der Waals surface area contributed by atoms with E-state index in [-0.39, 0.29) is 0 Å². The average Bonchev–Trinajstić information content (AvgIpc) is 2.32. The highest BCUT2D eigenvalue weighted by molar-refractivity contribution is 5.23. The smallest absolute Gasteiger partial charge is 0.0796 e. The van der Waals surface area contributed by atoms with E-state index in [4.69, 9.17) is 0 Å². The van der Waals surface area contributed by atoms with Gasteiger partial charge in [-0.3, -0.25) is 4.68 Å². The van der Waals surface area contributed by atoms with E-state index in [1.807, 2.05) is 0 Å². The molecule has 3 heteroatoms. The van der Waals surface area contributed by atoms with Gasteiger partial charge in [-0.2, -0.15) is 5.10 Å². The Morgan fingerprint density at radius 3 is 2.21 bits per heavy atom. The maximum Gasteiger partial charge on any atom is 0.0796 e. The Kier molecular flexibility index (Phi) is 3.32. The topological polar surface area (TPSA) is 21.1 Å². The molecule has 0 saturated heterocycles. The molecule has 0 spiro atoms. The second-order valence-electron chi connectivity index (χ2n) is 4.43. The first kappa shape index (κ1) is 11.2. The summed E-state index contributed by atoms with van der Waals surface area (Å²) in [4.78, 5) is 2.15. The van der Waals surface area contributed by atoms with E-state index < -0.39 is 0 Å². The summed E-state index contributed by atoms with van der Waals surface area (Å²) in [6, 6.07) is 0.449. The largest absolute Gasteiger partial charge is 0.303 e. The van der Waals surface area contributed by atoms with Crippen molar-refractivity contribution in [2.24, 2.45) is 0 Å². The quantitative estimate of drug-likeness (QED) is 0.737. The fourth-order valence-corrected chi connectivity index (χ4v) is 1.61. The van der Waals surface area contributed by atoms with E-state index in [0.717, 1.165) is 6.54 Å². The molecule has 0 saturated carbocycles. The standard InChI is InChI=1S/C11H21N3/c1-8(2)14-10(4)9(3)11(12-14)7-13(5)6/h8H,7H2,1-6H3. The Bertz CT molecular complexity index is 311. The zero-order valence-corrected chi connectivity index (χ0v) is 10.1. The van der Waals surface area contributed by atoms with Crippen molar-refractivity contribution in [3.8, 4) is 0 Å². The second kappa shape index (κ2) is 4.13. The minimum Gasteiger partial charge on any atom is -0.303 e. The highest BCUT2D eigenvalue weighted by atomic mass is 15.3. The van der Waals surface area contributed by atoms with E-state index in [1.54, 1.807) is 0 Å². The lowest BCUT2D eigenvalue weighted by Crippen LogP contribution is -2.12. The van der Waals surface area contributed by atoms with Gasteiger partial charge in [-0.15, -0.1) is 0 Å². The highest BCUT2D eigenvalue weighted by Crippen LogP contribution is 2.17. The van der Waals surface area contributed by atoms with Gasteiger partial charge in [0.1, 0.15) is 0 Å². The number of rotatable bonds is 3. The van der Waals surface area contributed by atoms with Gasteiger partial charge >= 0.3 is 0 Å². The molecular weight excluding hydrogens is 174 g/mol. The maximum atomic E-state index is 4.62. The van der Waals surface area contributed by atoms with Crippen LogP contribution in [0.15, 0.2) is 0 Å². The van der Waals surface area contributed by atoms with Crippen LogP contribution >= 0.6 is 0 Å². The van der Waals surface area contributed by atoms with E-state index in [1.165, 1.54) is 17.0 Å². The molecule has 0 amide bonds. The van der Waals surface area contributed by atoms with Gasteiger partial charge in [-0.1, -0.05) is 0 Å². The summed E-state index contributed by atoms with van der Waals surface area (Å²) < 4.78 is 2.11. The van der Waals surface area contributed by atoms with Gasteiger partial charge in [0.25, 0.3) is 0 Å². The summed E-state index contributed by atoms with van der Waals surface area (Å²) in [5.41, 5.74) is 3.81. The van der Waals surface area contributed by atoms with Gasteiger partial charge < -0.3 is 4.90 Å². The van der Waals surface area contributed by atoms with Crippen LogP contribution in [0.1, 0.15) is 36.8 Å². The summed E-state index contributed by atoms with van der Waals surface area (Å²) >= 11 is 0. The lowest BCUT2D eigenvalue weighted by Gasteiger charge is -2.08. The van der Waals surface area contributed by atoms with Gasteiger partial charge in [-0.05, 0) is 47.4 Å². The van der Waals surface area contributed by atoms with Crippen molar-refractivity contribution in [3.05, 3.63) is 17.0 Å². The SMILES string of the molecule is Cc1c(CN(C)C)nn(C(C)C)c1C. The molecule has 3 nitrogen and oxygen atoms in total. The Balaban J connectivity index is 3.02. The predicted octanol–water partition coefficient (Wildman–Crippen LogP) is 2.14. The molecule has 0 aliphatic carbocycles. The van der Waals surface area contributed by atoms with E-state index in [2.05, 4.69) is 56.5 Å². The van der Waals surface area contributed by atoms with Crippen LogP contribution in [0.4, 0.5) is 0 Å². The van der Waals surface area contributed by atoms with Crippen LogP contribution < -0.4 is 0 Å². The molecule has 14 heavy (non-hydrogen) atoms. The van der Waals surface area contributed by atoms with E-state index >= 15 is 0 Å². The monoisotopic (exact) mass is 195 g/mol. The molecule has 0 radical (unpaired) electrons. The summed E-state index contributed by atoms with van der Waals surface area (Å²) in [5.74, 6) is 0. The first-order valence-corrected chi connectivity index (χ1v) is 5.12. The van der Waals surface area contributed by atoms with E-state index in [9.17, 15) is 0 Å². The first-order chi connectivity index (χ1) is 6.43. The van der Waals surface area contributed by atoms with Crippen molar-refractivity contribution in [1.29, 1.82) is 0 Å². The van der Waals surface area contributed by atoms with Gasteiger partial charge in [0.05, 0.1) is 5.69 Å². The molecular formula is C11H21N3. The zero-order chi connectivity index (χ0) is 10.9.